The minimum absolute atomic E-state index is 0.550. The molecule has 0 aliphatic carbocycles. The zero-order valence-corrected chi connectivity index (χ0v) is 15.9. The van der Waals surface area contributed by atoms with Crippen LogP contribution in [-0.2, 0) is 31.0 Å². The van der Waals surface area contributed by atoms with Gasteiger partial charge in [0.2, 0.25) is 0 Å². The molecular weight excluding hydrogens is 340 g/mol. The Morgan fingerprint density at radius 3 is 2.63 bits per heavy atom. The molecule has 5 nitrogen and oxygen atoms in total. The highest BCUT2D eigenvalue weighted by Gasteiger charge is 2.12. The first-order chi connectivity index (χ1) is 13.3. The van der Waals surface area contributed by atoms with Gasteiger partial charge in [-0.05, 0) is 48.4 Å². The van der Waals surface area contributed by atoms with E-state index in [2.05, 4.69) is 28.1 Å². The van der Waals surface area contributed by atoms with Crippen molar-refractivity contribution in [2.75, 3.05) is 13.7 Å². The van der Waals surface area contributed by atoms with Crippen LogP contribution >= 0.6 is 0 Å². The molecule has 0 amide bonds. The molecule has 3 aromatic rings. The first-order valence-electron chi connectivity index (χ1n) is 9.15. The monoisotopic (exact) mass is 366 g/mol. The molecule has 0 fully saturated rings. The number of methoxy groups -OCH3 is 1. The van der Waals surface area contributed by atoms with Crippen molar-refractivity contribution < 1.29 is 13.9 Å². The van der Waals surface area contributed by atoms with Gasteiger partial charge in [0.25, 0.3) is 0 Å². The number of pyridine rings is 1. The number of ether oxygens (including phenoxy) is 2. The average Bonchev–Trinajstić information content (AvgIpc) is 3.20. The largest absolute Gasteiger partial charge is 0.496 e. The highest BCUT2D eigenvalue weighted by molar-refractivity contribution is 5.37. The predicted molar refractivity (Wildman–Crippen MR) is 104 cm³/mol. The smallest absolute Gasteiger partial charge is 0.124 e. The van der Waals surface area contributed by atoms with Gasteiger partial charge in [0, 0.05) is 37.7 Å². The van der Waals surface area contributed by atoms with Crippen LogP contribution in [0.3, 0.4) is 0 Å². The summed E-state index contributed by atoms with van der Waals surface area (Å²) in [7, 11) is 1.69. The molecule has 0 bridgehead atoms. The summed E-state index contributed by atoms with van der Waals surface area (Å²) in [5, 5.41) is 0. The second-order valence-corrected chi connectivity index (χ2v) is 6.37. The maximum Gasteiger partial charge on any atom is 0.124 e. The number of hydrogen-bond donors (Lipinski definition) is 0. The van der Waals surface area contributed by atoms with Crippen LogP contribution in [-0.4, -0.2) is 23.6 Å². The molecule has 2 heterocycles. The lowest BCUT2D eigenvalue weighted by atomic mass is 10.1. The Morgan fingerprint density at radius 1 is 1.04 bits per heavy atom. The second kappa shape index (κ2) is 9.90. The zero-order chi connectivity index (χ0) is 18.9. The average molecular weight is 366 g/mol. The normalized spacial score (nSPS) is 11.1. The fourth-order valence-corrected chi connectivity index (χ4v) is 3.05. The van der Waals surface area contributed by atoms with Crippen LogP contribution in [0.15, 0.2) is 65.5 Å². The van der Waals surface area contributed by atoms with E-state index in [9.17, 15) is 0 Å². The van der Waals surface area contributed by atoms with E-state index >= 15 is 0 Å². The summed E-state index contributed by atoms with van der Waals surface area (Å²) >= 11 is 0. The lowest BCUT2D eigenvalue weighted by Gasteiger charge is -2.22. The molecule has 0 saturated heterocycles. The lowest BCUT2D eigenvalue weighted by Crippen LogP contribution is -2.22. The van der Waals surface area contributed by atoms with Crippen molar-refractivity contribution >= 4 is 0 Å². The summed E-state index contributed by atoms with van der Waals surface area (Å²) in [6, 6.07) is 14.3. The third-order valence-corrected chi connectivity index (χ3v) is 4.30. The van der Waals surface area contributed by atoms with Crippen LogP contribution in [0.4, 0.5) is 0 Å². The van der Waals surface area contributed by atoms with Crippen molar-refractivity contribution in [3.63, 3.8) is 0 Å². The molecule has 1 aromatic carbocycles. The van der Waals surface area contributed by atoms with Gasteiger partial charge in [0.15, 0.2) is 0 Å². The number of benzene rings is 1. The summed E-state index contributed by atoms with van der Waals surface area (Å²) in [6.45, 7) is 5.54. The van der Waals surface area contributed by atoms with Gasteiger partial charge in [-0.3, -0.25) is 9.88 Å². The van der Waals surface area contributed by atoms with Crippen molar-refractivity contribution in [1.29, 1.82) is 0 Å². The Kier molecular flexibility index (Phi) is 7.02. The van der Waals surface area contributed by atoms with Crippen molar-refractivity contribution in [2.24, 2.45) is 0 Å². The van der Waals surface area contributed by atoms with Gasteiger partial charge in [-0.1, -0.05) is 12.1 Å². The Balaban J connectivity index is 1.78. The van der Waals surface area contributed by atoms with Crippen LogP contribution in [0.2, 0.25) is 0 Å². The fraction of sp³-hybridized carbons (Fsp3) is 0.318. The standard InChI is InChI=1S/C22H26N2O3/c1-3-26-17-20-12-18(8-9-22(20)25-2)14-24(16-21-7-5-11-27-21)15-19-6-4-10-23-13-19/h4-13H,3,14-17H2,1-2H3. The Labute approximate surface area is 160 Å². The van der Waals surface area contributed by atoms with E-state index in [1.54, 1.807) is 19.6 Å². The maximum absolute atomic E-state index is 5.59. The summed E-state index contributed by atoms with van der Waals surface area (Å²) < 4.78 is 16.6. The number of aromatic nitrogens is 1. The van der Waals surface area contributed by atoms with Gasteiger partial charge in [-0.15, -0.1) is 0 Å². The third-order valence-electron chi connectivity index (χ3n) is 4.30. The van der Waals surface area contributed by atoms with Crippen LogP contribution in [0.5, 0.6) is 5.75 Å². The van der Waals surface area contributed by atoms with Gasteiger partial charge in [0.1, 0.15) is 11.5 Å². The number of rotatable bonds is 10. The van der Waals surface area contributed by atoms with Crippen molar-refractivity contribution in [1.82, 2.24) is 9.88 Å². The summed E-state index contributed by atoms with van der Waals surface area (Å²) in [5.41, 5.74) is 3.45. The van der Waals surface area contributed by atoms with Gasteiger partial charge >= 0.3 is 0 Å². The van der Waals surface area contributed by atoms with Crippen LogP contribution in [0, 0.1) is 0 Å². The van der Waals surface area contributed by atoms with E-state index in [-0.39, 0.29) is 0 Å². The van der Waals surface area contributed by atoms with Gasteiger partial charge in [0.05, 0.1) is 26.5 Å². The van der Waals surface area contributed by atoms with Crippen molar-refractivity contribution in [2.45, 2.75) is 33.2 Å². The van der Waals surface area contributed by atoms with E-state index in [4.69, 9.17) is 13.9 Å². The quantitative estimate of drug-likeness (QED) is 0.531. The first-order valence-corrected chi connectivity index (χ1v) is 9.15. The zero-order valence-electron chi connectivity index (χ0n) is 15.9. The SMILES string of the molecule is CCOCc1cc(CN(Cc2cccnc2)Cc2ccco2)ccc1OC. The third kappa shape index (κ3) is 5.67. The molecule has 5 heteroatoms. The van der Waals surface area contributed by atoms with Gasteiger partial charge in [-0.25, -0.2) is 0 Å². The summed E-state index contributed by atoms with van der Waals surface area (Å²) in [5.74, 6) is 1.80. The van der Waals surface area contributed by atoms with Crippen molar-refractivity contribution in [3.05, 3.63) is 83.6 Å². The highest BCUT2D eigenvalue weighted by atomic mass is 16.5. The molecular formula is C22H26N2O3. The molecule has 27 heavy (non-hydrogen) atoms. The Morgan fingerprint density at radius 2 is 1.93 bits per heavy atom. The van der Waals surface area contributed by atoms with Crippen LogP contribution in [0.1, 0.15) is 29.4 Å². The number of nitrogens with zero attached hydrogens (tertiary/aromatic N) is 2. The number of furan rings is 1. The maximum atomic E-state index is 5.59. The van der Waals surface area contributed by atoms with E-state index < -0.39 is 0 Å². The van der Waals surface area contributed by atoms with E-state index in [0.29, 0.717) is 13.2 Å². The van der Waals surface area contributed by atoms with Crippen LogP contribution < -0.4 is 4.74 Å². The minimum atomic E-state index is 0.550. The molecule has 0 aliphatic heterocycles. The summed E-state index contributed by atoms with van der Waals surface area (Å²) in [4.78, 5) is 6.56. The topological polar surface area (TPSA) is 47.7 Å². The molecule has 2 aromatic heterocycles. The van der Waals surface area contributed by atoms with E-state index in [1.807, 2.05) is 37.4 Å². The first kappa shape index (κ1) is 19.1. The fourth-order valence-electron chi connectivity index (χ4n) is 3.05. The molecule has 0 atom stereocenters. The van der Waals surface area contributed by atoms with E-state index in [0.717, 1.165) is 36.7 Å². The minimum Gasteiger partial charge on any atom is -0.496 e. The molecule has 0 N–H and O–H groups in total. The molecule has 0 spiro atoms. The molecule has 0 unspecified atom stereocenters. The van der Waals surface area contributed by atoms with E-state index in [1.165, 1.54) is 11.1 Å². The summed E-state index contributed by atoms with van der Waals surface area (Å²) in [6.07, 6.45) is 5.42. The molecule has 3 rings (SSSR count). The van der Waals surface area contributed by atoms with Gasteiger partial charge < -0.3 is 13.9 Å². The molecule has 0 aliphatic rings. The molecule has 0 saturated carbocycles. The predicted octanol–water partition coefficient (Wildman–Crippen LogP) is 4.42. The second-order valence-electron chi connectivity index (χ2n) is 6.37. The highest BCUT2D eigenvalue weighted by Crippen LogP contribution is 2.23. The molecule has 142 valence electrons. The lowest BCUT2D eigenvalue weighted by molar-refractivity contribution is 0.131. The van der Waals surface area contributed by atoms with Crippen LogP contribution in [0.25, 0.3) is 0 Å². The van der Waals surface area contributed by atoms with Crippen molar-refractivity contribution in [3.8, 4) is 5.75 Å². The number of hydrogen-bond acceptors (Lipinski definition) is 5. The Hall–Kier alpha value is -2.63. The molecule has 0 radical (unpaired) electrons. The Bertz CT molecular complexity index is 804. The van der Waals surface area contributed by atoms with Gasteiger partial charge in [-0.2, -0.15) is 0 Å².